The first kappa shape index (κ1) is 42.4. The molecule has 49 heavy (non-hydrogen) atoms. The summed E-state index contributed by atoms with van der Waals surface area (Å²) in [4.78, 5) is 18.7. The topological polar surface area (TPSA) is 95.5 Å². The van der Waals surface area contributed by atoms with Gasteiger partial charge >= 0.3 is 47.4 Å². The molecule has 0 saturated heterocycles. The minimum absolute atomic E-state index is 0.142. The fourth-order valence-corrected chi connectivity index (χ4v) is 5.01. The smallest absolute Gasteiger partial charge is 0.368 e. The molecule has 0 aliphatic heterocycles. The molecular formula is C22H8Cl4F16N2O5. The molecule has 0 fully saturated rings. The summed E-state index contributed by atoms with van der Waals surface area (Å²) in [6.45, 7) is -7.36. The molecule has 2 aromatic carbocycles. The number of alkyl halides is 16. The zero-order valence-electron chi connectivity index (χ0n) is 22.2. The fourth-order valence-electron chi connectivity index (χ4n) is 3.59. The van der Waals surface area contributed by atoms with Crippen LogP contribution in [-0.2, 0) is 16.6 Å². The molecule has 0 N–H and O–H groups in total. The van der Waals surface area contributed by atoms with Crippen molar-refractivity contribution >= 4 is 57.8 Å². The average molecular weight is 826 g/mol. The van der Waals surface area contributed by atoms with Crippen LogP contribution in [-0.4, -0.2) is 58.6 Å². The SMILES string of the molecule is O=[N+]([O-])c1cc(Cl)c(C(F)(F)C(F)(F)C(F)(F)C(F)(F)COCC(F)(F)C(F)(F)C(F)(F)C(F)(F)c2c(Cl)cc([N+](=O)[O-])cc2Cl)c(Cl)c1. The summed E-state index contributed by atoms with van der Waals surface area (Å²) >= 11 is 20.7. The van der Waals surface area contributed by atoms with Crippen molar-refractivity contribution in [1.82, 2.24) is 0 Å². The first-order valence-corrected chi connectivity index (χ1v) is 13.1. The minimum Gasteiger partial charge on any atom is -0.368 e. The van der Waals surface area contributed by atoms with E-state index in [1.807, 2.05) is 0 Å². The molecule has 0 aromatic heterocycles. The predicted octanol–water partition coefficient (Wildman–Crippen LogP) is 10.8. The Morgan fingerprint density at radius 3 is 0.918 bits per heavy atom. The monoisotopic (exact) mass is 824 g/mol. The van der Waals surface area contributed by atoms with Crippen LogP contribution in [0.4, 0.5) is 81.6 Å². The first-order valence-electron chi connectivity index (χ1n) is 11.6. The number of rotatable bonds is 14. The Balaban J connectivity index is 2.42. The van der Waals surface area contributed by atoms with Gasteiger partial charge < -0.3 is 4.74 Å². The lowest BCUT2D eigenvalue weighted by atomic mass is 9.93. The zero-order valence-corrected chi connectivity index (χ0v) is 25.2. The van der Waals surface area contributed by atoms with Crippen LogP contribution in [0.2, 0.25) is 20.1 Å². The first-order chi connectivity index (χ1) is 21.7. The molecule has 0 unspecified atom stereocenters. The summed E-state index contributed by atoms with van der Waals surface area (Å²) in [7, 11) is 0. The number of hydrogen-bond acceptors (Lipinski definition) is 5. The molecule has 0 aliphatic rings. The predicted molar refractivity (Wildman–Crippen MR) is 135 cm³/mol. The van der Waals surface area contributed by atoms with Crippen molar-refractivity contribution < 1.29 is 84.8 Å². The number of hydrogen-bond donors (Lipinski definition) is 0. The maximum absolute atomic E-state index is 14.6. The number of ether oxygens (including phenoxy) is 1. The lowest BCUT2D eigenvalue weighted by molar-refractivity contribution is -0.387. The quantitative estimate of drug-likeness (QED) is 0.107. The van der Waals surface area contributed by atoms with E-state index in [1.54, 1.807) is 0 Å². The molecule has 0 spiro atoms. The van der Waals surface area contributed by atoms with Crippen molar-refractivity contribution in [2.24, 2.45) is 0 Å². The lowest BCUT2D eigenvalue weighted by Gasteiger charge is -2.38. The summed E-state index contributed by atoms with van der Waals surface area (Å²) in [5.41, 5.74) is -7.76. The summed E-state index contributed by atoms with van der Waals surface area (Å²) in [5.74, 6) is -56.6. The van der Waals surface area contributed by atoms with Crippen LogP contribution in [0.5, 0.6) is 0 Å². The van der Waals surface area contributed by atoms with Crippen LogP contribution < -0.4 is 0 Å². The molecule has 0 saturated carbocycles. The molecule has 0 radical (unpaired) electrons. The van der Waals surface area contributed by atoms with E-state index in [0.717, 1.165) is 0 Å². The van der Waals surface area contributed by atoms with Gasteiger partial charge in [-0.3, -0.25) is 20.2 Å². The highest BCUT2D eigenvalue weighted by Gasteiger charge is 2.83. The number of nitro benzene ring substituents is 2. The second-order valence-corrected chi connectivity index (χ2v) is 11.1. The summed E-state index contributed by atoms with van der Waals surface area (Å²) in [6.07, 6.45) is 0. The molecule has 27 heteroatoms. The number of halogens is 20. The third kappa shape index (κ3) is 6.84. The molecule has 0 bridgehead atoms. The average Bonchev–Trinajstić information content (AvgIpc) is 2.90. The Bertz CT molecular complexity index is 1480. The molecule has 0 aliphatic carbocycles. The van der Waals surface area contributed by atoms with Crippen molar-refractivity contribution in [1.29, 1.82) is 0 Å². The van der Waals surface area contributed by atoms with E-state index in [4.69, 9.17) is 46.4 Å². The molecule has 2 aromatic rings. The van der Waals surface area contributed by atoms with E-state index < -0.39 is 113 Å². The second-order valence-electron chi connectivity index (χ2n) is 9.43. The van der Waals surface area contributed by atoms with Gasteiger partial charge in [0.15, 0.2) is 0 Å². The van der Waals surface area contributed by atoms with Crippen LogP contribution >= 0.6 is 46.4 Å². The van der Waals surface area contributed by atoms with Crippen molar-refractivity contribution in [3.05, 3.63) is 75.7 Å². The van der Waals surface area contributed by atoms with Gasteiger partial charge in [-0.2, -0.15) is 70.2 Å². The molecule has 0 atom stereocenters. The Hall–Kier alpha value is -2.76. The van der Waals surface area contributed by atoms with Crippen LogP contribution in [0.3, 0.4) is 0 Å². The van der Waals surface area contributed by atoms with Gasteiger partial charge in [0.05, 0.1) is 41.1 Å². The third-order valence-corrected chi connectivity index (χ3v) is 7.36. The molecule has 0 heterocycles. The Morgan fingerprint density at radius 1 is 0.490 bits per heavy atom. The lowest BCUT2D eigenvalue weighted by Crippen LogP contribution is -2.64. The highest BCUT2D eigenvalue weighted by atomic mass is 35.5. The van der Waals surface area contributed by atoms with E-state index in [9.17, 15) is 90.5 Å². The van der Waals surface area contributed by atoms with E-state index >= 15 is 0 Å². The van der Waals surface area contributed by atoms with Gasteiger partial charge in [0.25, 0.3) is 11.4 Å². The minimum atomic E-state index is -7.48. The molecule has 276 valence electrons. The van der Waals surface area contributed by atoms with Gasteiger partial charge in [-0.05, 0) is 0 Å². The molecule has 7 nitrogen and oxygen atoms in total. The van der Waals surface area contributed by atoms with Crippen LogP contribution in [0.25, 0.3) is 0 Å². The Labute approximate surface area is 278 Å². The summed E-state index contributed by atoms with van der Waals surface area (Å²) < 4.78 is 233. The van der Waals surface area contributed by atoms with Crippen LogP contribution in [0.1, 0.15) is 11.1 Å². The van der Waals surface area contributed by atoms with Gasteiger partial charge in [0.2, 0.25) is 0 Å². The normalized spacial score (nSPS) is 14.3. The van der Waals surface area contributed by atoms with Crippen molar-refractivity contribution in [2.75, 3.05) is 13.2 Å². The second kappa shape index (κ2) is 13.1. The highest BCUT2D eigenvalue weighted by molar-refractivity contribution is 6.37. The fraction of sp³-hybridized carbons (Fsp3) is 0.455. The summed E-state index contributed by atoms with van der Waals surface area (Å²) in [6, 6.07) is -0.566. The molecule has 2 rings (SSSR count). The van der Waals surface area contributed by atoms with E-state index in [1.165, 1.54) is 0 Å². The van der Waals surface area contributed by atoms with Crippen LogP contribution in [0.15, 0.2) is 24.3 Å². The van der Waals surface area contributed by atoms with Crippen molar-refractivity contribution in [2.45, 2.75) is 47.4 Å². The van der Waals surface area contributed by atoms with Crippen molar-refractivity contribution in [3.63, 3.8) is 0 Å². The number of non-ortho nitro benzene ring substituents is 2. The van der Waals surface area contributed by atoms with Gasteiger partial charge in [0, 0.05) is 24.3 Å². The van der Waals surface area contributed by atoms with Crippen molar-refractivity contribution in [3.8, 4) is 0 Å². The number of benzene rings is 2. The maximum Gasteiger partial charge on any atom is 0.382 e. The van der Waals surface area contributed by atoms with Gasteiger partial charge in [-0.1, -0.05) is 46.4 Å². The van der Waals surface area contributed by atoms with Crippen LogP contribution in [0, 0.1) is 20.2 Å². The number of nitrogens with zero attached hydrogens (tertiary/aromatic N) is 2. The van der Waals surface area contributed by atoms with E-state index in [2.05, 4.69) is 4.74 Å². The Kier molecular flexibility index (Phi) is 11.3. The third-order valence-electron chi connectivity index (χ3n) is 6.17. The van der Waals surface area contributed by atoms with E-state index in [0.29, 0.717) is 0 Å². The van der Waals surface area contributed by atoms with E-state index in [-0.39, 0.29) is 24.3 Å². The van der Waals surface area contributed by atoms with Gasteiger partial charge in [0.1, 0.15) is 13.2 Å². The molecule has 0 amide bonds. The van der Waals surface area contributed by atoms with Gasteiger partial charge in [-0.25, -0.2) is 0 Å². The largest absolute Gasteiger partial charge is 0.382 e. The number of nitro groups is 2. The molecular weight excluding hydrogens is 818 g/mol. The highest BCUT2D eigenvalue weighted by Crippen LogP contribution is 2.60. The Morgan fingerprint density at radius 2 is 0.714 bits per heavy atom. The summed E-state index contributed by atoms with van der Waals surface area (Å²) in [5, 5.41) is 14.0. The maximum atomic E-state index is 14.6. The zero-order chi connectivity index (χ0) is 38.7. The standard InChI is InChI=1S/C22H8Cl4F16N2O5/c23-9-1-7(43(45)46)2-10(24)13(9)17(31,32)21(39,40)19(35,36)15(27,28)5-49-6-16(29,30)20(37,38)22(41,42)18(33,34)14-11(25)3-8(44(47)48)4-12(14)26/h1-4H,5-6H2. The van der Waals surface area contributed by atoms with Gasteiger partial charge in [-0.15, -0.1) is 0 Å².